The predicted octanol–water partition coefficient (Wildman–Crippen LogP) is 0.0328. The minimum Gasteiger partial charge on any atom is -0.356 e. The maximum absolute atomic E-state index is 11.5. The van der Waals surface area contributed by atoms with Crippen LogP contribution >= 0.6 is 11.6 Å². The molecule has 0 aliphatic carbocycles. The lowest BCUT2D eigenvalue weighted by molar-refractivity contribution is -0.119. The van der Waals surface area contributed by atoms with Crippen LogP contribution in [-0.2, 0) is 11.3 Å². The van der Waals surface area contributed by atoms with Crippen LogP contribution < -0.4 is 10.9 Å². The van der Waals surface area contributed by atoms with Crippen LogP contribution in [0.25, 0.3) is 0 Å². The molecule has 1 saturated heterocycles. The Balaban J connectivity index is 2.14. The van der Waals surface area contributed by atoms with E-state index in [1.165, 1.54) is 10.8 Å². The van der Waals surface area contributed by atoms with Gasteiger partial charge in [-0.15, -0.1) is 0 Å². The molecule has 0 bridgehead atoms. The van der Waals surface area contributed by atoms with Crippen LogP contribution in [0.1, 0.15) is 6.42 Å². The van der Waals surface area contributed by atoms with E-state index in [1.54, 1.807) is 6.20 Å². The first kappa shape index (κ1) is 10.2. The van der Waals surface area contributed by atoms with Crippen molar-refractivity contribution < 1.29 is 4.79 Å². The van der Waals surface area contributed by atoms with Crippen LogP contribution in [0, 0.1) is 5.92 Å². The molecule has 1 aromatic heterocycles. The first-order valence-corrected chi connectivity index (χ1v) is 5.02. The van der Waals surface area contributed by atoms with E-state index in [4.69, 9.17) is 11.6 Å². The van der Waals surface area contributed by atoms with Gasteiger partial charge in [0.05, 0.1) is 0 Å². The van der Waals surface area contributed by atoms with Crippen molar-refractivity contribution in [2.24, 2.45) is 5.92 Å². The van der Waals surface area contributed by atoms with E-state index in [2.05, 4.69) is 10.3 Å². The van der Waals surface area contributed by atoms with E-state index in [9.17, 15) is 9.59 Å². The molecule has 1 fully saturated rings. The van der Waals surface area contributed by atoms with Crippen LogP contribution in [0.4, 0.5) is 0 Å². The fourth-order valence-corrected chi connectivity index (χ4v) is 1.80. The number of amides is 1. The van der Waals surface area contributed by atoms with Crippen molar-refractivity contribution >= 4 is 17.5 Å². The highest BCUT2D eigenvalue weighted by molar-refractivity contribution is 6.29. The SMILES string of the molecule is O=C1CC(Cn2ccnc(Cl)c2=O)CN1. The molecule has 80 valence electrons. The molecule has 5 nitrogen and oxygen atoms in total. The van der Waals surface area contributed by atoms with Gasteiger partial charge in [0.1, 0.15) is 0 Å². The molecule has 1 aromatic rings. The van der Waals surface area contributed by atoms with E-state index in [0.717, 1.165) is 0 Å². The summed E-state index contributed by atoms with van der Waals surface area (Å²) in [4.78, 5) is 26.1. The smallest absolute Gasteiger partial charge is 0.288 e. The molecule has 1 N–H and O–H groups in total. The zero-order valence-corrected chi connectivity index (χ0v) is 8.70. The molecule has 1 atom stereocenters. The summed E-state index contributed by atoms with van der Waals surface area (Å²) in [5, 5.41) is 2.69. The van der Waals surface area contributed by atoms with Crippen LogP contribution in [-0.4, -0.2) is 22.0 Å². The number of nitrogens with zero attached hydrogens (tertiary/aromatic N) is 2. The fraction of sp³-hybridized carbons (Fsp3) is 0.444. The van der Waals surface area contributed by atoms with Gasteiger partial charge in [0.15, 0.2) is 5.15 Å². The second-order valence-electron chi connectivity index (χ2n) is 3.55. The highest BCUT2D eigenvalue weighted by atomic mass is 35.5. The summed E-state index contributed by atoms with van der Waals surface area (Å²) in [7, 11) is 0. The first-order valence-electron chi connectivity index (χ1n) is 4.64. The van der Waals surface area contributed by atoms with Gasteiger partial charge < -0.3 is 9.88 Å². The van der Waals surface area contributed by atoms with Crippen molar-refractivity contribution in [3.8, 4) is 0 Å². The molecule has 15 heavy (non-hydrogen) atoms. The largest absolute Gasteiger partial charge is 0.356 e. The van der Waals surface area contributed by atoms with Crippen molar-refractivity contribution in [3.05, 3.63) is 27.9 Å². The Kier molecular flexibility index (Phi) is 2.73. The molecular weight excluding hydrogens is 218 g/mol. The minimum absolute atomic E-state index is 0.0326. The van der Waals surface area contributed by atoms with Gasteiger partial charge in [-0.2, -0.15) is 0 Å². The summed E-state index contributed by atoms with van der Waals surface area (Å²) < 4.78 is 1.49. The Hall–Kier alpha value is -1.36. The van der Waals surface area contributed by atoms with Crippen molar-refractivity contribution in [2.45, 2.75) is 13.0 Å². The number of hydrogen-bond donors (Lipinski definition) is 1. The summed E-state index contributed by atoms with van der Waals surface area (Å²) in [6.07, 6.45) is 3.53. The Bertz CT molecular complexity index is 443. The van der Waals surface area contributed by atoms with Gasteiger partial charge in [0.25, 0.3) is 5.56 Å². The predicted molar refractivity (Wildman–Crippen MR) is 54.6 cm³/mol. The molecule has 0 radical (unpaired) electrons. The van der Waals surface area contributed by atoms with Gasteiger partial charge >= 0.3 is 0 Å². The summed E-state index contributed by atoms with van der Waals surface area (Å²) in [5.74, 6) is 0.196. The second kappa shape index (κ2) is 4.02. The number of aromatic nitrogens is 2. The number of nitrogens with one attached hydrogen (secondary N) is 1. The van der Waals surface area contributed by atoms with E-state index < -0.39 is 0 Å². The Labute approximate surface area is 91.1 Å². The third-order valence-electron chi connectivity index (χ3n) is 2.39. The lowest BCUT2D eigenvalue weighted by Crippen LogP contribution is -2.25. The topological polar surface area (TPSA) is 64.0 Å². The fourth-order valence-electron chi connectivity index (χ4n) is 1.64. The van der Waals surface area contributed by atoms with Crippen LogP contribution in [0.2, 0.25) is 5.15 Å². The molecule has 2 rings (SSSR count). The lowest BCUT2D eigenvalue weighted by Gasteiger charge is -2.09. The summed E-state index contributed by atoms with van der Waals surface area (Å²) in [5.41, 5.74) is -0.307. The summed E-state index contributed by atoms with van der Waals surface area (Å²) in [6.45, 7) is 1.12. The maximum atomic E-state index is 11.5. The summed E-state index contributed by atoms with van der Waals surface area (Å²) in [6, 6.07) is 0. The average Bonchev–Trinajstić information content (AvgIpc) is 2.59. The highest BCUT2D eigenvalue weighted by Crippen LogP contribution is 2.10. The maximum Gasteiger partial charge on any atom is 0.288 e. The molecule has 0 aromatic carbocycles. The Morgan fingerprint density at radius 3 is 3.07 bits per heavy atom. The molecule has 1 unspecified atom stereocenters. The Morgan fingerprint density at radius 1 is 1.60 bits per heavy atom. The monoisotopic (exact) mass is 227 g/mol. The summed E-state index contributed by atoms with van der Waals surface area (Å²) >= 11 is 5.60. The van der Waals surface area contributed by atoms with Gasteiger partial charge in [-0.3, -0.25) is 9.59 Å². The second-order valence-corrected chi connectivity index (χ2v) is 3.91. The normalized spacial score (nSPS) is 20.3. The molecule has 0 spiro atoms. The number of rotatable bonds is 2. The zero-order chi connectivity index (χ0) is 10.8. The van der Waals surface area contributed by atoms with E-state index in [0.29, 0.717) is 19.5 Å². The minimum atomic E-state index is -0.307. The van der Waals surface area contributed by atoms with Gasteiger partial charge in [0.2, 0.25) is 5.91 Å². The third kappa shape index (κ3) is 2.18. The van der Waals surface area contributed by atoms with Crippen molar-refractivity contribution in [3.63, 3.8) is 0 Å². The quantitative estimate of drug-likeness (QED) is 0.776. The number of carbonyl (C=O) groups excluding carboxylic acids is 1. The van der Waals surface area contributed by atoms with Crippen LogP contribution in [0.5, 0.6) is 0 Å². The molecule has 0 saturated carbocycles. The molecular formula is C9H10ClN3O2. The van der Waals surface area contributed by atoms with E-state index >= 15 is 0 Å². The standard InChI is InChI=1S/C9H10ClN3O2/c10-8-9(15)13(2-1-11-8)5-6-3-7(14)12-4-6/h1-2,6H,3-5H2,(H,12,14). The molecule has 6 heteroatoms. The number of carbonyl (C=O) groups is 1. The third-order valence-corrected chi connectivity index (χ3v) is 2.65. The highest BCUT2D eigenvalue weighted by Gasteiger charge is 2.22. The van der Waals surface area contributed by atoms with Gasteiger partial charge in [0, 0.05) is 37.8 Å². The first-order chi connectivity index (χ1) is 7.16. The molecule has 2 heterocycles. The van der Waals surface area contributed by atoms with Crippen molar-refractivity contribution in [2.75, 3.05) is 6.54 Å². The van der Waals surface area contributed by atoms with Gasteiger partial charge in [-0.1, -0.05) is 11.6 Å². The van der Waals surface area contributed by atoms with Gasteiger partial charge in [-0.05, 0) is 0 Å². The Morgan fingerprint density at radius 2 is 2.40 bits per heavy atom. The molecule has 1 amide bonds. The van der Waals surface area contributed by atoms with E-state index in [-0.39, 0.29) is 22.5 Å². The van der Waals surface area contributed by atoms with Crippen LogP contribution in [0.15, 0.2) is 17.2 Å². The van der Waals surface area contributed by atoms with Crippen molar-refractivity contribution in [1.29, 1.82) is 0 Å². The molecule has 1 aliphatic heterocycles. The van der Waals surface area contributed by atoms with Gasteiger partial charge in [-0.25, -0.2) is 4.98 Å². The number of hydrogen-bond acceptors (Lipinski definition) is 3. The van der Waals surface area contributed by atoms with E-state index in [1.807, 2.05) is 0 Å². The molecule has 1 aliphatic rings. The average molecular weight is 228 g/mol. The lowest BCUT2D eigenvalue weighted by atomic mass is 10.1. The van der Waals surface area contributed by atoms with Crippen molar-refractivity contribution in [1.82, 2.24) is 14.9 Å². The van der Waals surface area contributed by atoms with Crippen LogP contribution in [0.3, 0.4) is 0 Å². The zero-order valence-electron chi connectivity index (χ0n) is 7.94. The number of halogens is 1.